The predicted octanol–water partition coefficient (Wildman–Crippen LogP) is 0.795. The smallest absolute Gasteiger partial charge is 0.259 e. The average Bonchev–Trinajstić information content (AvgIpc) is 2.94. The maximum absolute atomic E-state index is 10.7. The second kappa shape index (κ2) is 5.56. The van der Waals surface area contributed by atoms with E-state index in [2.05, 4.69) is 15.1 Å². The van der Waals surface area contributed by atoms with E-state index in [1.54, 1.807) is 17.0 Å². The maximum atomic E-state index is 10.7. The van der Waals surface area contributed by atoms with E-state index < -0.39 is 0 Å². The van der Waals surface area contributed by atoms with E-state index in [0.717, 1.165) is 0 Å². The van der Waals surface area contributed by atoms with Crippen molar-refractivity contribution in [3.63, 3.8) is 0 Å². The van der Waals surface area contributed by atoms with Crippen LogP contribution in [-0.2, 0) is 16.2 Å². The standard InChI is InChI=1S/C9H8N5O2S2/c10-8-12-5(3-17-8)2-16-14-6(1-15)7-4-18-9(11)13-7/h3-4H,2H2,(H2,10,12)(H2,11,13)/b14-6+. The van der Waals surface area contributed by atoms with Gasteiger partial charge < -0.3 is 16.3 Å². The highest BCUT2D eigenvalue weighted by Gasteiger charge is 2.09. The minimum atomic E-state index is -0.0360. The number of carbonyl (C=O) groups excluding carboxylic acids is 1. The SMILES string of the molecule is Nc1nc(CO/N=C(\[C]=O)c2csc(N)n2)cs1. The van der Waals surface area contributed by atoms with Crippen molar-refractivity contribution in [2.75, 3.05) is 11.5 Å². The molecule has 0 saturated carbocycles. The van der Waals surface area contributed by atoms with Crippen molar-refractivity contribution in [1.29, 1.82) is 0 Å². The highest BCUT2D eigenvalue weighted by atomic mass is 32.1. The second-order valence-electron chi connectivity index (χ2n) is 3.06. The van der Waals surface area contributed by atoms with Crippen LogP contribution in [0.15, 0.2) is 15.9 Å². The fraction of sp³-hybridized carbons (Fsp3) is 0.111. The summed E-state index contributed by atoms with van der Waals surface area (Å²) in [6, 6.07) is 0. The molecule has 9 heteroatoms. The summed E-state index contributed by atoms with van der Waals surface area (Å²) in [5.74, 6) is 0. The molecule has 0 unspecified atom stereocenters. The number of nitrogens with zero attached hydrogens (tertiary/aromatic N) is 3. The fourth-order valence-electron chi connectivity index (χ4n) is 1.07. The molecule has 0 aliphatic carbocycles. The first-order valence-corrected chi connectivity index (χ1v) is 6.44. The minimum Gasteiger partial charge on any atom is -0.389 e. The van der Waals surface area contributed by atoms with Crippen LogP contribution >= 0.6 is 22.7 Å². The Hall–Kier alpha value is -2.00. The molecule has 2 rings (SSSR count). The Kier molecular flexibility index (Phi) is 3.85. The molecule has 0 fully saturated rings. The van der Waals surface area contributed by atoms with Crippen LogP contribution in [0.2, 0.25) is 0 Å². The molecular formula is C9H8N5O2S2. The number of thiazole rings is 2. The van der Waals surface area contributed by atoms with Crippen molar-refractivity contribution < 1.29 is 9.63 Å². The normalized spacial score (nSPS) is 11.4. The zero-order valence-corrected chi connectivity index (χ0v) is 10.6. The van der Waals surface area contributed by atoms with Crippen molar-refractivity contribution >= 4 is 44.9 Å². The zero-order valence-electron chi connectivity index (χ0n) is 8.99. The Morgan fingerprint density at radius 3 is 2.61 bits per heavy atom. The van der Waals surface area contributed by atoms with Gasteiger partial charge in [-0.3, -0.25) is 4.79 Å². The van der Waals surface area contributed by atoms with Crippen LogP contribution in [0.3, 0.4) is 0 Å². The van der Waals surface area contributed by atoms with Crippen LogP contribution in [0.4, 0.5) is 10.3 Å². The minimum absolute atomic E-state index is 0.0360. The Morgan fingerprint density at radius 2 is 2.06 bits per heavy atom. The Morgan fingerprint density at radius 1 is 1.33 bits per heavy atom. The first-order chi connectivity index (χ1) is 8.69. The van der Waals surface area contributed by atoms with Gasteiger partial charge in [-0.05, 0) is 0 Å². The molecule has 2 heterocycles. The molecule has 0 atom stereocenters. The summed E-state index contributed by atoms with van der Waals surface area (Å²) in [5, 5.41) is 7.78. The second-order valence-corrected chi connectivity index (χ2v) is 4.84. The molecule has 0 spiro atoms. The number of hydrogen-bond donors (Lipinski definition) is 2. The monoisotopic (exact) mass is 282 g/mol. The van der Waals surface area contributed by atoms with E-state index in [-0.39, 0.29) is 12.3 Å². The van der Waals surface area contributed by atoms with Crippen LogP contribution in [0.25, 0.3) is 0 Å². The van der Waals surface area contributed by atoms with Gasteiger partial charge in [0.05, 0.1) is 5.69 Å². The van der Waals surface area contributed by atoms with Gasteiger partial charge in [-0.15, -0.1) is 22.7 Å². The van der Waals surface area contributed by atoms with Crippen LogP contribution < -0.4 is 11.5 Å². The molecule has 7 nitrogen and oxygen atoms in total. The van der Waals surface area contributed by atoms with Gasteiger partial charge in [0.1, 0.15) is 5.69 Å². The maximum Gasteiger partial charge on any atom is 0.259 e. The van der Waals surface area contributed by atoms with E-state index >= 15 is 0 Å². The summed E-state index contributed by atoms with van der Waals surface area (Å²) in [6.45, 7) is 0.124. The summed E-state index contributed by atoms with van der Waals surface area (Å²) < 4.78 is 0. The third-order valence-corrected chi connectivity index (χ3v) is 3.20. The van der Waals surface area contributed by atoms with E-state index in [1.165, 1.54) is 22.7 Å². The lowest BCUT2D eigenvalue weighted by Crippen LogP contribution is -2.04. The van der Waals surface area contributed by atoms with Gasteiger partial charge in [-0.25, -0.2) is 9.97 Å². The van der Waals surface area contributed by atoms with Crippen molar-refractivity contribution in [1.82, 2.24) is 9.97 Å². The largest absolute Gasteiger partial charge is 0.389 e. The number of rotatable bonds is 5. The molecule has 4 N–H and O–H groups in total. The van der Waals surface area contributed by atoms with Gasteiger partial charge in [0.25, 0.3) is 6.29 Å². The molecule has 0 bridgehead atoms. The number of aromatic nitrogens is 2. The molecule has 0 aromatic carbocycles. The van der Waals surface area contributed by atoms with Gasteiger partial charge in [-0.2, -0.15) is 0 Å². The highest BCUT2D eigenvalue weighted by molar-refractivity contribution is 7.13. The molecule has 2 aromatic rings. The lowest BCUT2D eigenvalue weighted by atomic mass is 10.3. The number of hydrogen-bond acceptors (Lipinski definition) is 9. The zero-order chi connectivity index (χ0) is 13.0. The molecule has 2 aromatic heterocycles. The summed E-state index contributed by atoms with van der Waals surface area (Å²) in [7, 11) is 0. The van der Waals surface area contributed by atoms with Gasteiger partial charge in [0, 0.05) is 10.8 Å². The first kappa shape index (κ1) is 12.5. The van der Waals surface area contributed by atoms with Crippen LogP contribution in [-0.4, -0.2) is 22.0 Å². The summed E-state index contributed by atoms with van der Waals surface area (Å²) in [6.07, 6.45) is 1.64. The molecule has 0 aliphatic heterocycles. The molecule has 1 radical (unpaired) electrons. The molecular weight excluding hydrogens is 274 g/mol. The number of nitrogen functional groups attached to an aromatic ring is 2. The Labute approximate surface area is 110 Å². The molecule has 93 valence electrons. The molecule has 18 heavy (non-hydrogen) atoms. The van der Waals surface area contributed by atoms with E-state index in [1.807, 2.05) is 0 Å². The van der Waals surface area contributed by atoms with Gasteiger partial charge in [0.2, 0.25) is 0 Å². The van der Waals surface area contributed by atoms with Crippen molar-refractivity contribution in [3.8, 4) is 0 Å². The average molecular weight is 282 g/mol. The van der Waals surface area contributed by atoms with E-state index in [9.17, 15) is 4.79 Å². The Bertz CT molecular complexity index is 577. The number of anilines is 2. The van der Waals surface area contributed by atoms with Gasteiger partial charge in [0.15, 0.2) is 22.6 Å². The van der Waals surface area contributed by atoms with Crippen molar-refractivity contribution in [2.24, 2.45) is 5.16 Å². The third-order valence-electron chi connectivity index (χ3n) is 1.80. The third kappa shape index (κ3) is 3.02. The summed E-state index contributed by atoms with van der Waals surface area (Å²) in [4.78, 5) is 23.6. The van der Waals surface area contributed by atoms with Crippen LogP contribution in [0.1, 0.15) is 11.4 Å². The predicted molar refractivity (Wildman–Crippen MR) is 70.1 cm³/mol. The molecule has 0 amide bonds. The van der Waals surface area contributed by atoms with Gasteiger partial charge >= 0.3 is 0 Å². The van der Waals surface area contributed by atoms with Crippen molar-refractivity contribution in [3.05, 3.63) is 22.1 Å². The number of oxime groups is 1. The van der Waals surface area contributed by atoms with E-state index in [0.29, 0.717) is 21.7 Å². The van der Waals surface area contributed by atoms with Crippen LogP contribution in [0.5, 0.6) is 0 Å². The fourth-order valence-corrected chi connectivity index (χ4v) is 2.16. The Balaban J connectivity index is 2.00. The lowest BCUT2D eigenvalue weighted by Gasteiger charge is -1.96. The van der Waals surface area contributed by atoms with E-state index in [4.69, 9.17) is 16.3 Å². The molecule has 0 saturated heterocycles. The first-order valence-electron chi connectivity index (χ1n) is 4.68. The number of nitrogens with two attached hydrogens (primary N) is 2. The van der Waals surface area contributed by atoms with Crippen molar-refractivity contribution in [2.45, 2.75) is 6.61 Å². The molecule has 0 aliphatic rings. The summed E-state index contributed by atoms with van der Waals surface area (Å²) in [5.41, 5.74) is 11.9. The van der Waals surface area contributed by atoms with Gasteiger partial charge in [-0.1, -0.05) is 5.16 Å². The quantitative estimate of drug-likeness (QED) is 0.618. The topological polar surface area (TPSA) is 116 Å². The lowest BCUT2D eigenvalue weighted by molar-refractivity contribution is 0.129. The highest BCUT2D eigenvalue weighted by Crippen LogP contribution is 2.13. The van der Waals surface area contributed by atoms with Crippen LogP contribution in [0, 0.1) is 0 Å². The summed E-state index contributed by atoms with van der Waals surface area (Å²) >= 11 is 2.51.